The van der Waals surface area contributed by atoms with Gasteiger partial charge in [0.2, 0.25) is 0 Å². The second kappa shape index (κ2) is 10.8. The maximum Gasteiger partial charge on any atom is 0.261 e. The summed E-state index contributed by atoms with van der Waals surface area (Å²) in [5.74, 6) is 6.36. The van der Waals surface area contributed by atoms with E-state index in [1.54, 1.807) is 12.3 Å². The highest BCUT2D eigenvalue weighted by atomic mass is 35.5. The number of anilines is 1. The van der Waals surface area contributed by atoms with Gasteiger partial charge in [0, 0.05) is 35.1 Å². The summed E-state index contributed by atoms with van der Waals surface area (Å²) in [5, 5.41) is 15.3. The first-order chi connectivity index (χ1) is 15.3. The average Bonchev–Trinajstić information content (AvgIpc) is 3.15. The number of nitrogens with two attached hydrogens (primary N) is 1. The molecule has 0 saturated heterocycles. The number of halogens is 1. The molecular formula is C24H27ClN4O2S. The number of aryl methyl sites for hydroxylation is 1. The average molecular weight is 471 g/mol. The lowest BCUT2D eigenvalue weighted by molar-refractivity contribution is 0.0873. The number of nitrogen functional groups attached to an aromatic ring is 1. The highest BCUT2D eigenvalue weighted by Gasteiger charge is 2.15. The van der Waals surface area contributed by atoms with Crippen molar-refractivity contribution in [3.05, 3.63) is 56.4 Å². The summed E-state index contributed by atoms with van der Waals surface area (Å²) in [7, 11) is 0. The van der Waals surface area contributed by atoms with Crippen molar-refractivity contribution in [2.45, 2.75) is 26.9 Å². The summed E-state index contributed by atoms with van der Waals surface area (Å²) in [4.78, 5) is 20.2. The first-order valence-corrected chi connectivity index (χ1v) is 11.7. The Kier molecular flexibility index (Phi) is 8.10. The molecule has 3 aromatic rings. The van der Waals surface area contributed by atoms with E-state index in [1.807, 2.05) is 39.0 Å². The minimum atomic E-state index is -0.618. The number of thiophene rings is 1. The Hall–Kier alpha value is -2.63. The molecule has 0 radical (unpaired) electrons. The maximum atomic E-state index is 12.6. The van der Waals surface area contributed by atoms with Crippen LogP contribution in [0.4, 0.5) is 5.82 Å². The molecule has 2 aromatic heterocycles. The van der Waals surface area contributed by atoms with Crippen molar-refractivity contribution in [1.82, 2.24) is 15.2 Å². The predicted molar refractivity (Wildman–Crippen MR) is 132 cm³/mol. The van der Waals surface area contributed by atoms with Gasteiger partial charge < -0.3 is 21.1 Å². The predicted octanol–water partition coefficient (Wildman–Crippen LogP) is 3.67. The molecule has 3 rings (SSSR count). The Morgan fingerprint density at radius 3 is 2.78 bits per heavy atom. The van der Waals surface area contributed by atoms with Crippen LogP contribution in [0.1, 0.15) is 39.5 Å². The number of amides is 1. The van der Waals surface area contributed by atoms with Crippen molar-refractivity contribution in [2.75, 3.05) is 31.9 Å². The number of nitrogens with one attached hydrogen (secondary N) is 1. The van der Waals surface area contributed by atoms with Crippen molar-refractivity contribution in [3.8, 4) is 11.8 Å². The number of hydrogen-bond donors (Lipinski definition) is 3. The SMILES string of the molecule is CCN(CC)CC(O)CNC(=O)c1cc(C)c(C#Cc2c(N)ncc3ccc(Cl)cc23)s1. The number of hydrogen-bond acceptors (Lipinski definition) is 6. The van der Waals surface area contributed by atoms with Gasteiger partial charge in [0.1, 0.15) is 5.82 Å². The van der Waals surface area contributed by atoms with Crippen molar-refractivity contribution >= 4 is 45.4 Å². The fourth-order valence-corrected chi connectivity index (χ4v) is 4.42. The number of rotatable bonds is 7. The van der Waals surface area contributed by atoms with Gasteiger partial charge >= 0.3 is 0 Å². The first-order valence-electron chi connectivity index (χ1n) is 10.5. The lowest BCUT2D eigenvalue weighted by Crippen LogP contribution is -2.39. The zero-order valence-electron chi connectivity index (χ0n) is 18.4. The highest BCUT2D eigenvalue weighted by molar-refractivity contribution is 7.14. The van der Waals surface area contributed by atoms with E-state index < -0.39 is 6.10 Å². The van der Waals surface area contributed by atoms with Crippen LogP contribution in [0.3, 0.4) is 0 Å². The molecule has 1 aromatic carbocycles. The van der Waals surface area contributed by atoms with E-state index >= 15 is 0 Å². The Morgan fingerprint density at radius 2 is 2.06 bits per heavy atom. The zero-order valence-corrected chi connectivity index (χ0v) is 20.0. The molecule has 0 aliphatic carbocycles. The molecule has 1 amide bonds. The quantitative estimate of drug-likeness (QED) is 0.458. The number of likely N-dealkylation sites (N-methyl/N-ethyl adjacent to an activating group) is 1. The Balaban J connectivity index is 1.76. The minimum absolute atomic E-state index is 0.201. The van der Waals surface area contributed by atoms with Gasteiger partial charge in [-0.2, -0.15) is 0 Å². The van der Waals surface area contributed by atoms with E-state index in [2.05, 4.69) is 27.0 Å². The fourth-order valence-electron chi connectivity index (χ4n) is 3.31. The highest BCUT2D eigenvalue weighted by Crippen LogP contribution is 2.26. The molecule has 168 valence electrons. The van der Waals surface area contributed by atoms with Gasteiger partial charge in [0.25, 0.3) is 5.91 Å². The number of carbonyl (C=O) groups excluding carboxylic acids is 1. The molecule has 8 heteroatoms. The van der Waals surface area contributed by atoms with Crippen molar-refractivity contribution in [3.63, 3.8) is 0 Å². The molecule has 32 heavy (non-hydrogen) atoms. The number of pyridine rings is 1. The lowest BCUT2D eigenvalue weighted by Gasteiger charge is -2.21. The summed E-state index contributed by atoms with van der Waals surface area (Å²) in [6.45, 7) is 8.44. The van der Waals surface area contributed by atoms with Crippen LogP contribution in [0.5, 0.6) is 0 Å². The minimum Gasteiger partial charge on any atom is -0.390 e. The number of carbonyl (C=O) groups is 1. The van der Waals surface area contributed by atoms with Gasteiger partial charge in [-0.1, -0.05) is 43.4 Å². The smallest absolute Gasteiger partial charge is 0.261 e. The summed E-state index contributed by atoms with van der Waals surface area (Å²) in [6, 6.07) is 7.31. The van der Waals surface area contributed by atoms with E-state index in [-0.39, 0.29) is 12.5 Å². The molecule has 2 heterocycles. The van der Waals surface area contributed by atoms with Crippen LogP contribution in [-0.4, -0.2) is 53.2 Å². The summed E-state index contributed by atoms with van der Waals surface area (Å²) in [5.41, 5.74) is 7.59. The number of fused-ring (bicyclic) bond motifs is 1. The number of benzene rings is 1. The summed E-state index contributed by atoms with van der Waals surface area (Å²) in [6.07, 6.45) is 1.08. The van der Waals surface area contributed by atoms with Crippen LogP contribution in [0.2, 0.25) is 5.02 Å². The van der Waals surface area contributed by atoms with Gasteiger partial charge in [0.05, 0.1) is 21.4 Å². The molecule has 1 unspecified atom stereocenters. The molecule has 4 N–H and O–H groups in total. The van der Waals surface area contributed by atoms with Crippen molar-refractivity contribution in [1.29, 1.82) is 0 Å². The lowest BCUT2D eigenvalue weighted by atomic mass is 10.1. The first kappa shape index (κ1) is 24.0. The van der Waals surface area contributed by atoms with Crippen LogP contribution in [-0.2, 0) is 0 Å². The van der Waals surface area contributed by atoms with Crippen LogP contribution in [0, 0.1) is 18.8 Å². The zero-order chi connectivity index (χ0) is 23.3. The second-order valence-electron chi connectivity index (χ2n) is 7.47. The van der Waals surface area contributed by atoms with E-state index in [0.717, 1.165) is 34.3 Å². The van der Waals surface area contributed by atoms with Crippen LogP contribution < -0.4 is 11.1 Å². The van der Waals surface area contributed by atoms with Crippen LogP contribution >= 0.6 is 22.9 Å². The largest absolute Gasteiger partial charge is 0.390 e. The summed E-state index contributed by atoms with van der Waals surface area (Å²) >= 11 is 7.46. The Bertz CT molecular complexity index is 1170. The number of aromatic nitrogens is 1. The second-order valence-corrected chi connectivity index (χ2v) is 8.96. The topological polar surface area (TPSA) is 91.5 Å². The third-order valence-corrected chi connectivity index (χ3v) is 6.57. The molecule has 1 atom stereocenters. The Morgan fingerprint density at radius 1 is 1.31 bits per heavy atom. The van der Waals surface area contributed by atoms with E-state index in [0.29, 0.717) is 27.8 Å². The van der Waals surface area contributed by atoms with E-state index in [1.165, 1.54) is 11.3 Å². The van der Waals surface area contributed by atoms with Crippen molar-refractivity contribution in [2.24, 2.45) is 0 Å². The van der Waals surface area contributed by atoms with Gasteiger partial charge in [-0.3, -0.25) is 4.79 Å². The van der Waals surface area contributed by atoms with Gasteiger partial charge in [-0.25, -0.2) is 4.98 Å². The van der Waals surface area contributed by atoms with E-state index in [9.17, 15) is 9.90 Å². The molecule has 0 aliphatic heterocycles. The fraction of sp³-hybridized carbons (Fsp3) is 0.333. The standard InChI is InChI=1S/C24H27ClN4O2S/c1-4-29(5-2)14-18(30)13-28-24(31)22-10-15(3)21(32-22)9-8-19-20-11-17(25)7-6-16(20)12-27-23(19)26/h6-7,10-12,18,30H,4-5,13-14H2,1-3H3,(H2,26,27)(H,28,31). The number of aliphatic hydroxyl groups is 1. The molecule has 0 bridgehead atoms. The monoisotopic (exact) mass is 470 g/mol. The molecule has 0 fully saturated rings. The molecule has 0 spiro atoms. The van der Waals surface area contributed by atoms with Crippen LogP contribution in [0.15, 0.2) is 30.5 Å². The van der Waals surface area contributed by atoms with Gasteiger partial charge in [0.15, 0.2) is 0 Å². The third-order valence-electron chi connectivity index (χ3n) is 5.19. The Labute approximate surface area is 197 Å². The molecule has 6 nitrogen and oxygen atoms in total. The van der Waals surface area contributed by atoms with Crippen molar-refractivity contribution < 1.29 is 9.90 Å². The van der Waals surface area contributed by atoms with Crippen LogP contribution in [0.25, 0.3) is 10.8 Å². The van der Waals surface area contributed by atoms with Gasteiger partial charge in [-0.15, -0.1) is 11.3 Å². The number of aliphatic hydroxyl groups excluding tert-OH is 1. The maximum absolute atomic E-state index is 12.6. The third kappa shape index (κ3) is 5.78. The van der Waals surface area contributed by atoms with Gasteiger partial charge in [-0.05, 0) is 43.8 Å². The molecular weight excluding hydrogens is 444 g/mol. The van der Waals surface area contributed by atoms with E-state index in [4.69, 9.17) is 17.3 Å². The molecule has 0 aliphatic rings. The normalized spacial score (nSPS) is 11.9. The number of nitrogens with zero attached hydrogens (tertiary/aromatic N) is 2. The molecule has 0 saturated carbocycles. The summed E-state index contributed by atoms with van der Waals surface area (Å²) < 4.78 is 0.